The SMILES string of the molecule is O=C1C(=Cc2ccc(F)cc2)SC(=S)N1CNc1ccccc1Cl. The summed E-state index contributed by atoms with van der Waals surface area (Å²) < 4.78 is 13.4. The third-order valence-electron chi connectivity index (χ3n) is 3.34. The average Bonchev–Trinajstić information content (AvgIpc) is 2.83. The van der Waals surface area contributed by atoms with Crippen molar-refractivity contribution in [1.29, 1.82) is 0 Å². The van der Waals surface area contributed by atoms with E-state index in [-0.39, 0.29) is 18.4 Å². The Bertz CT molecular complexity index is 824. The van der Waals surface area contributed by atoms with Crippen molar-refractivity contribution in [2.24, 2.45) is 0 Å². The molecule has 0 saturated carbocycles. The number of rotatable bonds is 4. The second-order valence-corrected chi connectivity index (χ2v) is 7.06. The molecule has 1 fully saturated rings. The van der Waals surface area contributed by atoms with Crippen molar-refractivity contribution in [2.45, 2.75) is 0 Å². The fraction of sp³-hybridized carbons (Fsp3) is 0.0588. The van der Waals surface area contributed by atoms with Crippen LogP contribution in [0.25, 0.3) is 6.08 Å². The minimum Gasteiger partial charge on any atom is -0.366 e. The maximum Gasteiger partial charge on any atom is 0.267 e. The quantitative estimate of drug-likeness (QED) is 0.614. The Balaban J connectivity index is 1.72. The van der Waals surface area contributed by atoms with Gasteiger partial charge >= 0.3 is 0 Å². The van der Waals surface area contributed by atoms with Crippen molar-refractivity contribution in [2.75, 3.05) is 12.0 Å². The first-order valence-corrected chi connectivity index (χ1v) is 8.64. The Labute approximate surface area is 153 Å². The summed E-state index contributed by atoms with van der Waals surface area (Å²) in [4.78, 5) is 14.5. The van der Waals surface area contributed by atoms with E-state index in [0.717, 1.165) is 11.3 Å². The lowest BCUT2D eigenvalue weighted by atomic mass is 10.2. The molecule has 0 aromatic heterocycles. The van der Waals surface area contributed by atoms with Gasteiger partial charge in [-0.25, -0.2) is 4.39 Å². The predicted octanol–water partition coefficient (Wildman–Crippen LogP) is 4.75. The summed E-state index contributed by atoms with van der Waals surface area (Å²) in [6, 6.07) is 13.2. The molecule has 1 saturated heterocycles. The van der Waals surface area contributed by atoms with Crippen LogP contribution in [0.5, 0.6) is 0 Å². The van der Waals surface area contributed by atoms with Crippen LogP contribution >= 0.6 is 35.6 Å². The van der Waals surface area contributed by atoms with Crippen LogP contribution in [-0.2, 0) is 4.79 Å². The fourth-order valence-electron chi connectivity index (χ4n) is 2.12. The number of hydrogen-bond acceptors (Lipinski definition) is 4. The molecule has 1 amide bonds. The molecule has 2 aromatic rings. The fourth-order valence-corrected chi connectivity index (χ4v) is 3.57. The molecule has 7 heteroatoms. The van der Waals surface area contributed by atoms with Gasteiger partial charge in [-0.15, -0.1) is 0 Å². The smallest absolute Gasteiger partial charge is 0.267 e. The number of thiocarbonyl (C=S) groups is 1. The van der Waals surface area contributed by atoms with E-state index in [0.29, 0.717) is 14.2 Å². The maximum atomic E-state index is 13.0. The number of nitrogens with one attached hydrogen (secondary N) is 1. The normalized spacial score (nSPS) is 16.1. The summed E-state index contributed by atoms with van der Waals surface area (Å²) in [6.45, 7) is 0.231. The van der Waals surface area contributed by atoms with Crippen LogP contribution in [0.15, 0.2) is 53.4 Å². The number of hydrogen-bond donors (Lipinski definition) is 1. The average molecular weight is 379 g/mol. The number of para-hydroxylation sites is 1. The van der Waals surface area contributed by atoms with Crippen molar-refractivity contribution < 1.29 is 9.18 Å². The second-order valence-electron chi connectivity index (χ2n) is 4.98. The lowest BCUT2D eigenvalue weighted by Crippen LogP contribution is -2.33. The minimum atomic E-state index is -0.316. The van der Waals surface area contributed by atoms with Crippen LogP contribution < -0.4 is 5.32 Å². The van der Waals surface area contributed by atoms with E-state index in [1.807, 2.05) is 18.2 Å². The van der Waals surface area contributed by atoms with Gasteiger partial charge in [-0.1, -0.05) is 59.8 Å². The van der Waals surface area contributed by atoms with Gasteiger partial charge < -0.3 is 5.32 Å². The van der Waals surface area contributed by atoms with Crippen molar-refractivity contribution in [3.05, 3.63) is 69.8 Å². The molecule has 122 valence electrons. The number of benzene rings is 2. The summed E-state index contributed by atoms with van der Waals surface area (Å²) in [5.41, 5.74) is 1.48. The first kappa shape index (κ1) is 17.0. The van der Waals surface area contributed by atoms with Crippen LogP contribution in [0, 0.1) is 5.82 Å². The lowest BCUT2D eigenvalue weighted by Gasteiger charge is -2.16. The largest absolute Gasteiger partial charge is 0.366 e. The van der Waals surface area contributed by atoms with E-state index in [2.05, 4.69) is 5.32 Å². The van der Waals surface area contributed by atoms with Crippen LogP contribution in [0.2, 0.25) is 5.02 Å². The number of amides is 1. The van der Waals surface area contributed by atoms with Gasteiger partial charge in [-0.2, -0.15) is 0 Å². The predicted molar refractivity (Wildman–Crippen MR) is 101 cm³/mol. The molecule has 1 N–H and O–H groups in total. The van der Waals surface area contributed by atoms with Gasteiger partial charge in [0.05, 0.1) is 22.3 Å². The van der Waals surface area contributed by atoms with Gasteiger partial charge in [-0.3, -0.25) is 9.69 Å². The van der Waals surface area contributed by atoms with Gasteiger partial charge in [-0.05, 0) is 35.9 Å². The number of halogens is 2. The molecule has 1 aliphatic heterocycles. The second kappa shape index (κ2) is 7.34. The molecule has 0 atom stereocenters. The first-order valence-electron chi connectivity index (χ1n) is 7.04. The highest BCUT2D eigenvalue weighted by atomic mass is 35.5. The molecular formula is C17H12ClFN2OS2. The van der Waals surface area contributed by atoms with Crippen molar-refractivity contribution >= 4 is 57.6 Å². The summed E-state index contributed by atoms with van der Waals surface area (Å²) in [5, 5.41) is 3.68. The van der Waals surface area contributed by atoms with E-state index >= 15 is 0 Å². The molecule has 0 aliphatic carbocycles. The van der Waals surface area contributed by atoms with E-state index in [4.69, 9.17) is 23.8 Å². The molecule has 3 rings (SSSR count). The molecule has 0 unspecified atom stereocenters. The summed E-state index contributed by atoms with van der Waals surface area (Å²) >= 11 is 12.6. The first-order chi connectivity index (χ1) is 11.5. The molecule has 0 radical (unpaired) electrons. The van der Waals surface area contributed by atoms with Crippen molar-refractivity contribution in [3.8, 4) is 0 Å². The van der Waals surface area contributed by atoms with E-state index < -0.39 is 0 Å². The Morgan fingerprint density at radius 3 is 2.62 bits per heavy atom. The molecular weight excluding hydrogens is 367 g/mol. The maximum absolute atomic E-state index is 13.0. The zero-order valence-electron chi connectivity index (χ0n) is 12.3. The van der Waals surface area contributed by atoms with Gasteiger partial charge in [0.25, 0.3) is 5.91 Å². The Morgan fingerprint density at radius 1 is 1.21 bits per heavy atom. The molecule has 1 aliphatic rings. The lowest BCUT2D eigenvalue weighted by molar-refractivity contribution is -0.121. The molecule has 0 spiro atoms. The Morgan fingerprint density at radius 2 is 1.92 bits per heavy atom. The van der Waals surface area contributed by atoms with Crippen LogP contribution in [0.1, 0.15) is 5.56 Å². The number of carbonyl (C=O) groups is 1. The summed E-state index contributed by atoms with van der Waals surface area (Å²) in [5.74, 6) is -0.502. The van der Waals surface area contributed by atoms with Crippen LogP contribution in [0.4, 0.5) is 10.1 Å². The van der Waals surface area contributed by atoms with Crippen LogP contribution in [-0.4, -0.2) is 21.8 Å². The molecule has 24 heavy (non-hydrogen) atoms. The van der Waals surface area contributed by atoms with Gasteiger partial charge in [0.1, 0.15) is 10.1 Å². The van der Waals surface area contributed by atoms with Crippen molar-refractivity contribution in [3.63, 3.8) is 0 Å². The monoisotopic (exact) mass is 378 g/mol. The van der Waals surface area contributed by atoms with Crippen molar-refractivity contribution in [1.82, 2.24) is 4.90 Å². The van der Waals surface area contributed by atoms with Gasteiger partial charge in [0.15, 0.2) is 0 Å². The topological polar surface area (TPSA) is 32.3 Å². The molecule has 0 bridgehead atoms. The summed E-state index contributed by atoms with van der Waals surface area (Å²) in [6.07, 6.45) is 1.70. The summed E-state index contributed by atoms with van der Waals surface area (Å²) in [7, 11) is 0. The highest BCUT2D eigenvalue weighted by molar-refractivity contribution is 8.26. The van der Waals surface area contributed by atoms with Crippen LogP contribution in [0.3, 0.4) is 0 Å². The van der Waals surface area contributed by atoms with Gasteiger partial charge in [0.2, 0.25) is 0 Å². The number of carbonyl (C=O) groups excluding carboxylic acids is 1. The third-order valence-corrected chi connectivity index (χ3v) is 5.05. The van der Waals surface area contributed by atoms with E-state index in [9.17, 15) is 9.18 Å². The molecule has 3 nitrogen and oxygen atoms in total. The highest BCUT2D eigenvalue weighted by Crippen LogP contribution is 2.32. The third kappa shape index (κ3) is 3.77. The minimum absolute atomic E-state index is 0.186. The number of anilines is 1. The zero-order chi connectivity index (χ0) is 17.1. The zero-order valence-corrected chi connectivity index (χ0v) is 14.7. The molecule has 1 heterocycles. The van der Waals surface area contributed by atoms with Gasteiger partial charge in [0, 0.05) is 0 Å². The Hall–Kier alpha value is -1.89. The standard InChI is InChI=1S/C17H12ClFN2OS2/c18-13-3-1-2-4-14(13)20-10-21-16(22)15(24-17(21)23)9-11-5-7-12(19)8-6-11/h1-9,20H,10H2. The number of nitrogens with zero attached hydrogens (tertiary/aromatic N) is 1. The van der Waals surface area contributed by atoms with E-state index in [1.165, 1.54) is 28.8 Å². The van der Waals surface area contributed by atoms with E-state index in [1.54, 1.807) is 24.3 Å². The molecule has 2 aromatic carbocycles. The highest BCUT2D eigenvalue weighted by Gasteiger charge is 2.31. The Kier molecular flexibility index (Phi) is 5.18. The number of thioether (sulfide) groups is 1.